The van der Waals surface area contributed by atoms with Crippen LogP contribution in [-0.4, -0.2) is 65.4 Å². The maximum atomic E-state index is 12.7. The van der Waals surface area contributed by atoms with Crippen molar-refractivity contribution in [3.05, 3.63) is 29.6 Å². The minimum atomic E-state index is 0.0262. The SMILES string of the molecule is Cc1cccc(C(=O)N2CCCN(C3CCNC(=O)CC3)CC2)n1. The molecule has 1 N–H and O–H groups in total. The number of nitrogens with zero attached hydrogens (tertiary/aromatic N) is 3. The highest BCUT2D eigenvalue weighted by atomic mass is 16.2. The molecule has 0 aliphatic carbocycles. The molecule has 0 radical (unpaired) electrons. The number of nitrogens with one attached hydrogen (secondary N) is 1. The zero-order chi connectivity index (χ0) is 16.9. The van der Waals surface area contributed by atoms with Gasteiger partial charge in [-0.3, -0.25) is 14.5 Å². The number of amides is 2. The summed E-state index contributed by atoms with van der Waals surface area (Å²) >= 11 is 0. The number of carbonyl (C=O) groups excluding carboxylic acids is 2. The first kappa shape index (κ1) is 16.9. The molecule has 1 atom stereocenters. The number of hydrogen-bond acceptors (Lipinski definition) is 4. The van der Waals surface area contributed by atoms with Crippen LogP contribution in [0.25, 0.3) is 0 Å². The molecule has 0 saturated carbocycles. The Bertz CT molecular complexity index is 604. The van der Waals surface area contributed by atoms with Crippen molar-refractivity contribution in [1.29, 1.82) is 0 Å². The van der Waals surface area contributed by atoms with Crippen LogP contribution in [0.3, 0.4) is 0 Å². The van der Waals surface area contributed by atoms with Crippen LogP contribution in [0.2, 0.25) is 0 Å². The van der Waals surface area contributed by atoms with Gasteiger partial charge in [0.1, 0.15) is 5.69 Å². The van der Waals surface area contributed by atoms with Gasteiger partial charge >= 0.3 is 0 Å². The molecule has 2 aliphatic heterocycles. The molecule has 1 aromatic rings. The first-order chi connectivity index (χ1) is 11.6. The summed E-state index contributed by atoms with van der Waals surface area (Å²) in [6.07, 6.45) is 3.49. The fraction of sp³-hybridized carbons (Fsp3) is 0.611. The van der Waals surface area contributed by atoms with E-state index in [0.29, 0.717) is 18.2 Å². The van der Waals surface area contributed by atoms with E-state index in [9.17, 15) is 9.59 Å². The van der Waals surface area contributed by atoms with Gasteiger partial charge < -0.3 is 10.2 Å². The van der Waals surface area contributed by atoms with Gasteiger partial charge in [0.05, 0.1) is 0 Å². The number of carbonyl (C=O) groups is 2. The molecule has 2 aliphatic rings. The third-order valence-corrected chi connectivity index (χ3v) is 4.95. The average Bonchev–Trinajstić information content (AvgIpc) is 2.94. The normalized spacial score (nSPS) is 23.3. The Labute approximate surface area is 143 Å². The Morgan fingerprint density at radius 1 is 1.21 bits per heavy atom. The Hall–Kier alpha value is -1.95. The Morgan fingerprint density at radius 2 is 2.08 bits per heavy atom. The van der Waals surface area contributed by atoms with Crippen LogP contribution in [0.5, 0.6) is 0 Å². The van der Waals surface area contributed by atoms with Gasteiger partial charge in [-0.05, 0) is 38.3 Å². The summed E-state index contributed by atoms with van der Waals surface area (Å²) in [7, 11) is 0. The standard InChI is InChI=1S/C18H26N4O2/c1-14-4-2-5-16(20-14)18(24)22-11-3-10-21(12-13-22)15-6-7-17(23)19-9-8-15/h2,4-5,15H,3,6-13H2,1H3,(H,19,23). The summed E-state index contributed by atoms with van der Waals surface area (Å²) in [6.45, 7) is 6.03. The van der Waals surface area contributed by atoms with E-state index in [1.54, 1.807) is 6.07 Å². The van der Waals surface area contributed by atoms with Gasteiger partial charge in [0.25, 0.3) is 5.91 Å². The largest absolute Gasteiger partial charge is 0.356 e. The minimum absolute atomic E-state index is 0.0262. The van der Waals surface area contributed by atoms with Gasteiger partial charge in [-0.1, -0.05) is 6.07 Å². The zero-order valence-electron chi connectivity index (χ0n) is 14.3. The second-order valence-corrected chi connectivity index (χ2v) is 6.68. The monoisotopic (exact) mass is 330 g/mol. The molecule has 1 aromatic heterocycles. The third-order valence-electron chi connectivity index (χ3n) is 4.95. The highest BCUT2D eigenvalue weighted by Gasteiger charge is 2.26. The number of aryl methyl sites for hydroxylation is 1. The lowest BCUT2D eigenvalue weighted by Crippen LogP contribution is -2.40. The summed E-state index contributed by atoms with van der Waals surface area (Å²) < 4.78 is 0. The predicted octanol–water partition coefficient (Wildman–Crippen LogP) is 1.21. The maximum Gasteiger partial charge on any atom is 0.272 e. The number of aromatic nitrogens is 1. The number of pyridine rings is 1. The molecule has 0 aromatic carbocycles. The molecule has 2 saturated heterocycles. The first-order valence-corrected chi connectivity index (χ1v) is 8.87. The van der Waals surface area contributed by atoms with Crippen LogP contribution >= 0.6 is 0 Å². The van der Waals surface area contributed by atoms with Crippen molar-refractivity contribution in [2.75, 3.05) is 32.7 Å². The minimum Gasteiger partial charge on any atom is -0.356 e. The number of rotatable bonds is 2. The summed E-state index contributed by atoms with van der Waals surface area (Å²) in [5, 5.41) is 2.94. The molecule has 6 nitrogen and oxygen atoms in total. The zero-order valence-corrected chi connectivity index (χ0v) is 14.3. The maximum absolute atomic E-state index is 12.7. The lowest BCUT2D eigenvalue weighted by Gasteiger charge is -2.29. The van der Waals surface area contributed by atoms with Gasteiger partial charge in [0.2, 0.25) is 5.91 Å². The van der Waals surface area contributed by atoms with E-state index in [0.717, 1.165) is 57.7 Å². The van der Waals surface area contributed by atoms with Gasteiger partial charge in [0, 0.05) is 50.9 Å². The van der Waals surface area contributed by atoms with Crippen molar-refractivity contribution in [1.82, 2.24) is 20.1 Å². The van der Waals surface area contributed by atoms with Gasteiger partial charge in [0.15, 0.2) is 0 Å². The number of hydrogen-bond donors (Lipinski definition) is 1. The van der Waals surface area contributed by atoms with E-state index in [-0.39, 0.29) is 11.8 Å². The topological polar surface area (TPSA) is 65.5 Å². The van der Waals surface area contributed by atoms with Crippen molar-refractivity contribution in [3.63, 3.8) is 0 Å². The van der Waals surface area contributed by atoms with Crippen LogP contribution in [0.15, 0.2) is 18.2 Å². The van der Waals surface area contributed by atoms with Crippen LogP contribution in [0.4, 0.5) is 0 Å². The van der Waals surface area contributed by atoms with Crippen LogP contribution < -0.4 is 5.32 Å². The molecule has 0 spiro atoms. The van der Waals surface area contributed by atoms with Crippen LogP contribution in [-0.2, 0) is 4.79 Å². The van der Waals surface area contributed by atoms with Gasteiger partial charge in [-0.2, -0.15) is 0 Å². The summed E-state index contributed by atoms with van der Waals surface area (Å²) in [6, 6.07) is 6.02. The fourth-order valence-corrected chi connectivity index (χ4v) is 3.60. The molecule has 3 rings (SSSR count). The van der Waals surface area contributed by atoms with E-state index in [4.69, 9.17) is 0 Å². The Balaban J connectivity index is 1.60. The second kappa shape index (κ2) is 7.75. The van der Waals surface area contributed by atoms with E-state index in [2.05, 4.69) is 15.2 Å². The summed E-state index contributed by atoms with van der Waals surface area (Å²) in [5.74, 6) is 0.188. The Kier molecular flexibility index (Phi) is 5.45. The van der Waals surface area contributed by atoms with Crippen LogP contribution in [0.1, 0.15) is 41.9 Å². The van der Waals surface area contributed by atoms with Crippen molar-refractivity contribution < 1.29 is 9.59 Å². The van der Waals surface area contributed by atoms with Crippen LogP contribution in [0, 0.1) is 6.92 Å². The van der Waals surface area contributed by atoms with Gasteiger partial charge in [-0.15, -0.1) is 0 Å². The lowest BCUT2D eigenvalue weighted by atomic mass is 10.1. The summed E-state index contributed by atoms with van der Waals surface area (Å²) in [4.78, 5) is 32.9. The molecular weight excluding hydrogens is 304 g/mol. The average molecular weight is 330 g/mol. The van der Waals surface area contributed by atoms with E-state index < -0.39 is 0 Å². The van der Waals surface area contributed by atoms with E-state index in [1.165, 1.54) is 0 Å². The fourth-order valence-electron chi connectivity index (χ4n) is 3.60. The molecule has 2 amide bonds. The second-order valence-electron chi connectivity index (χ2n) is 6.68. The van der Waals surface area contributed by atoms with Gasteiger partial charge in [-0.25, -0.2) is 4.98 Å². The molecule has 6 heteroatoms. The highest BCUT2D eigenvalue weighted by Crippen LogP contribution is 2.17. The van der Waals surface area contributed by atoms with Crippen molar-refractivity contribution in [3.8, 4) is 0 Å². The molecule has 2 fully saturated rings. The predicted molar refractivity (Wildman–Crippen MR) is 91.7 cm³/mol. The molecule has 3 heterocycles. The van der Waals surface area contributed by atoms with Crippen molar-refractivity contribution >= 4 is 11.8 Å². The van der Waals surface area contributed by atoms with E-state index >= 15 is 0 Å². The first-order valence-electron chi connectivity index (χ1n) is 8.87. The molecular formula is C18H26N4O2. The molecule has 130 valence electrons. The highest BCUT2D eigenvalue weighted by molar-refractivity contribution is 5.92. The molecule has 0 bridgehead atoms. The molecule has 24 heavy (non-hydrogen) atoms. The smallest absolute Gasteiger partial charge is 0.272 e. The van der Waals surface area contributed by atoms with Crippen molar-refractivity contribution in [2.24, 2.45) is 0 Å². The molecule has 1 unspecified atom stereocenters. The summed E-state index contributed by atoms with van der Waals surface area (Å²) in [5.41, 5.74) is 1.40. The quantitative estimate of drug-likeness (QED) is 0.885. The van der Waals surface area contributed by atoms with E-state index in [1.807, 2.05) is 24.0 Å². The third kappa shape index (κ3) is 4.12. The van der Waals surface area contributed by atoms with Crippen molar-refractivity contribution in [2.45, 2.75) is 38.6 Å². The lowest BCUT2D eigenvalue weighted by molar-refractivity contribution is -0.120. The Morgan fingerprint density at radius 3 is 2.92 bits per heavy atom.